The number of hydrogen-bond donors (Lipinski definition) is 1. The Morgan fingerprint density at radius 3 is 2.78 bits per heavy atom. The van der Waals surface area contributed by atoms with Crippen molar-refractivity contribution < 1.29 is 9.90 Å². The predicted octanol–water partition coefficient (Wildman–Crippen LogP) is 3.45. The average molecular weight is 486 g/mol. The summed E-state index contributed by atoms with van der Waals surface area (Å²) in [6, 6.07) is 10.7. The smallest absolute Gasteiger partial charge is 0.270 e. The number of benzene rings is 1. The highest BCUT2D eigenvalue weighted by Crippen LogP contribution is 2.75. The number of pyridine rings is 1. The summed E-state index contributed by atoms with van der Waals surface area (Å²) in [6.07, 6.45) is 11.4. The zero-order chi connectivity index (χ0) is 24.4. The van der Waals surface area contributed by atoms with E-state index in [1.165, 1.54) is 48.9 Å². The summed E-state index contributed by atoms with van der Waals surface area (Å²) >= 11 is 0. The van der Waals surface area contributed by atoms with Gasteiger partial charge in [0.05, 0.1) is 0 Å². The van der Waals surface area contributed by atoms with Crippen molar-refractivity contribution in [1.29, 1.82) is 0 Å². The summed E-state index contributed by atoms with van der Waals surface area (Å²) in [7, 11) is 1.86. The molecule has 188 valence electrons. The maximum atomic E-state index is 13.9. The molecule has 2 saturated heterocycles. The van der Waals surface area contributed by atoms with E-state index < -0.39 is 0 Å². The van der Waals surface area contributed by atoms with Gasteiger partial charge >= 0.3 is 0 Å². The topological polar surface area (TPSA) is 65.8 Å². The standard InChI is InChI=1S/C30H35N3O3/c1-31-11-8-22(35)15-25(31)28(36)33-17-19-16-29-9-7-24(33)27(19)30(29)10-12-32(20-3-2-4-20)26(29)13-18-5-6-21(34)14-23(18)30/h5-6,8,11,14-15,19-20,24,26-27,34H,2-4,7,9-10,12-13,16-17H2,1H3/t19-,24?,26?,27?,29?,30?/m1/s1. The summed E-state index contributed by atoms with van der Waals surface area (Å²) in [5, 5.41) is 10.6. The minimum atomic E-state index is -0.111. The molecule has 0 radical (unpaired) electrons. The van der Waals surface area contributed by atoms with Crippen LogP contribution in [0.15, 0.2) is 41.3 Å². The molecule has 1 aromatic heterocycles. The summed E-state index contributed by atoms with van der Waals surface area (Å²) in [4.78, 5) is 31.0. The number of aromatic nitrogens is 1. The van der Waals surface area contributed by atoms with Crippen molar-refractivity contribution >= 4 is 5.91 Å². The Hall–Kier alpha value is -2.60. The van der Waals surface area contributed by atoms with Crippen molar-refractivity contribution in [2.45, 2.75) is 74.9 Å². The van der Waals surface area contributed by atoms with E-state index in [0.717, 1.165) is 44.8 Å². The molecular formula is C30H35N3O3. The lowest BCUT2D eigenvalue weighted by molar-refractivity contribution is -0.122. The zero-order valence-corrected chi connectivity index (χ0v) is 21.0. The molecule has 5 unspecified atom stereocenters. The number of rotatable bonds is 2. The number of carbonyl (C=O) groups excluding carboxylic acids is 1. The van der Waals surface area contributed by atoms with Gasteiger partial charge in [-0.05, 0) is 92.0 Å². The highest BCUT2D eigenvalue weighted by molar-refractivity contribution is 5.93. The van der Waals surface area contributed by atoms with Gasteiger partial charge in [-0.1, -0.05) is 12.5 Å². The molecule has 1 aromatic carbocycles. The Bertz CT molecular complexity index is 1350. The van der Waals surface area contributed by atoms with Crippen LogP contribution < -0.4 is 5.43 Å². The minimum absolute atomic E-state index is 0.00824. The van der Waals surface area contributed by atoms with Crippen LogP contribution in [-0.2, 0) is 18.9 Å². The third-order valence-corrected chi connectivity index (χ3v) is 11.7. The number of aromatic hydroxyl groups is 1. The molecule has 2 aromatic rings. The lowest BCUT2D eigenvalue weighted by atomic mass is 9.43. The Kier molecular flexibility index (Phi) is 4.20. The van der Waals surface area contributed by atoms with Crippen molar-refractivity contribution in [3.63, 3.8) is 0 Å². The molecule has 3 saturated carbocycles. The first-order valence-corrected chi connectivity index (χ1v) is 14.0. The second kappa shape index (κ2) is 7.03. The fourth-order valence-corrected chi connectivity index (χ4v) is 10.3. The molecule has 6 aliphatic rings. The van der Waals surface area contributed by atoms with Gasteiger partial charge in [0.2, 0.25) is 0 Å². The van der Waals surface area contributed by atoms with E-state index >= 15 is 0 Å². The Labute approximate surface area is 211 Å². The van der Waals surface area contributed by atoms with Crippen molar-refractivity contribution in [3.05, 3.63) is 63.6 Å². The molecule has 6 atom stereocenters. The minimum Gasteiger partial charge on any atom is -0.508 e. The Morgan fingerprint density at radius 2 is 1.97 bits per heavy atom. The first kappa shape index (κ1) is 21.5. The average Bonchev–Trinajstić information content (AvgIpc) is 3.27. The van der Waals surface area contributed by atoms with Gasteiger partial charge in [0.25, 0.3) is 5.91 Å². The van der Waals surface area contributed by atoms with Gasteiger partial charge in [-0.15, -0.1) is 0 Å². The summed E-state index contributed by atoms with van der Waals surface area (Å²) in [6.45, 7) is 1.94. The van der Waals surface area contributed by atoms with E-state index in [1.807, 2.05) is 13.1 Å². The number of phenolic OH excluding ortho intramolecular Hbond substituents is 1. The predicted molar refractivity (Wildman–Crippen MR) is 136 cm³/mol. The maximum Gasteiger partial charge on any atom is 0.270 e. The molecule has 0 spiro atoms. The molecule has 4 aliphatic carbocycles. The van der Waals surface area contributed by atoms with Crippen LogP contribution in [0.25, 0.3) is 0 Å². The van der Waals surface area contributed by atoms with Gasteiger partial charge in [-0.3, -0.25) is 14.5 Å². The molecule has 3 heterocycles. The van der Waals surface area contributed by atoms with Crippen LogP contribution in [0.1, 0.15) is 66.6 Å². The third-order valence-electron chi connectivity index (χ3n) is 11.7. The van der Waals surface area contributed by atoms with Gasteiger partial charge in [-0.25, -0.2) is 0 Å². The van der Waals surface area contributed by atoms with Crippen LogP contribution in [0.3, 0.4) is 0 Å². The number of piperidine rings is 1. The Morgan fingerprint density at radius 1 is 1.11 bits per heavy atom. The normalized spacial score (nSPS) is 38.4. The largest absolute Gasteiger partial charge is 0.508 e. The molecule has 1 amide bonds. The van der Waals surface area contributed by atoms with Crippen LogP contribution in [0, 0.1) is 17.3 Å². The maximum absolute atomic E-state index is 13.9. The van der Waals surface area contributed by atoms with Crippen LogP contribution >= 0.6 is 0 Å². The van der Waals surface area contributed by atoms with E-state index in [2.05, 4.69) is 21.9 Å². The van der Waals surface area contributed by atoms with Gasteiger partial charge in [0, 0.05) is 55.5 Å². The zero-order valence-electron chi connectivity index (χ0n) is 21.0. The van der Waals surface area contributed by atoms with Crippen LogP contribution in [-0.4, -0.2) is 56.6 Å². The first-order valence-electron chi connectivity index (χ1n) is 14.0. The highest BCUT2D eigenvalue weighted by atomic mass is 16.3. The molecule has 6 heteroatoms. The second-order valence-electron chi connectivity index (χ2n) is 12.7. The lowest BCUT2D eigenvalue weighted by Gasteiger charge is -2.68. The van der Waals surface area contributed by atoms with E-state index in [-0.39, 0.29) is 28.2 Å². The van der Waals surface area contributed by atoms with E-state index in [4.69, 9.17) is 0 Å². The highest BCUT2D eigenvalue weighted by Gasteiger charge is 2.76. The van der Waals surface area contributed by atoms with E-state index in [0.29, 0.717) is 29.3 Å². The van der Waals surface area contributed by atoms with Gasteiger partial charge < -0.3 is 14.6 Å². The SMILES string of the molecule is Cn1ccc(=O)cc1C(=O)N1C[C@H]2CC34CCC1C2C31CCN(C2CCC2)C4Cc2ccc(O)cc21. The summed E-state index contributed by atoms with van der Waals surface area (Å²) in [5.41, 5.74) is 3.49. The van der Waals surface area contributed by atoms with Crippen molar-refractivity contribution in [3.8, 4) is 5.75 Å². The number of carbonyl (C=O) groups is 1. The number of likely N-dealkylation sites (tertiary alicyclic amines) is 2. The molecule has 36 heavy (non-hydrogen) atoms. The summed E-state index contributed by atoms with van der Waals surface area (Å²) in [5.74, 6) is 1.30. The quantitative estimate of drug-likeness (QED) is 0.708. The molecule has 8 rings (SSSR count). The van der Waals surface area contributed by atoms with Crippen LogP contribution in [0.2, 0.25) is 0 Å². The molecular weight excluding hydrogens is 450 g/mol. The molecule has 6 nitrogen and oxygen atoms in total. The first-order chi connectivity index (χ1) is 17.4. The number of fused-ring (bicyclic) bond motifs is 1. The van der Waals surface area contributed by atoms with E-state index in [1.54, 1.807) is 10.8 Å². The lowest BCUT2D eigenvalue weighted by Crippen LogP contribution is -2.71. The molecule has 1 N–H and O–H groups in total. The van der Waals surface area contributed by atoms with Gasteiger partial charge in [-0.2, -0.15) is 0 Å². The monoisotopic (exact) mass is 485 g/mol. The van der Waals surface area contributed by atoms with Crippen molar-refractivity contribution in [1.82, 2.24) is 14.4 Å². The van der Waals surface area contributed by atoms with Crippen molar-refractivity contribution in [2.24, 2.45) is 24.3 Å². The second-order valence-corrected chi connectivity index (χ2v) is 12.7. The molecule has 2 aliphatic heterocycles. The fraction of sp³-hybridized carbons (Fsp3) is 0.600. The Balaban J connectivity index is 1.26. The van der Waals surface area contributed by atoms with Gasteiger partial charge in [0.1, 0.15) is 11.4 Å². The van der Waals surface area contributed by atoms with Crippen LogP contribution in [0.5, 0.6) is 5.75 Å². The number of phenols is 1. The number of aryl methyl sites for hydroxylation is 1. The fourth-order valence-electron chi connectivity index (χ4n) is 10.3. The van der Waals surface area contributed by atoms with Gasteiger partial charge in [0.15, 0.2) is 5.43 Å². The third kappa shape index (κ3) is 2.42. The number of amides is 1. The van der Waals surface area contributed by atoms with E-state index in [9.17, 15) is 14.7 Å². The number of hydrogen-bond acceptors (Lipinski definition) is 4. The molecule has 4 bridgehead atoms. The van der Waals surface area contributed by atoms with Crippen molar-refractivity contribution in [2.75, 3.05) is 13.1 Å². The van der Waals surface area contributed by atoms with Crippen LogP contribution in [0.4, 0.5) is 0 Å². The summed E-state index contributed by atoms with van der Waals surface area (Å²) < 4.78 is 1.80. The number of nitrogens with zero attached hydrogens (tertiary/aromatic N) is 3. The molecule has 5 fully saturated rings.